The zero-order chi connectivity index (χ0) is 12.7. The van der Waals surface area contributed by atoms with Crippen LogP contribution in [0, 0.1) is 12.3 Å². The molecule has 0 aromatic heterocycles. The Morgan fingerprint density at radius 2 is 2.35 bits per heavy atom. The average molecular weight is 240 g/mol. The van der Waals surface area contributed by atoms with Gasteiger partial charge in [-0.05, 0) is 12.8 Å². The van der Waals surface area contributed by atoms with E-state index >= 15 is 0 Å². The van der Waals surface area contributed by atoms with Crippen molar-refractivity contribution in [2.24, 2.45) is 0 Å². The summed E-state index contributed by atoms with van der Waals surface area (Å²) in [7, 11) is 0. The minimum Gasteiger partial charge on any atom is -0.480 e. The van der Waals surface area contributed by atoms with Crippen LogP contribution in [0.25, 0.3) is 0 Å². The lowest BCUT2D eigenvalue weighted by molar-refractivity contribution is -0.137. The Morgan fingerprint density at radius 1 is 1.59 bits per heavy atom. The fraction of sp³-hybridized carbons (Fsp3) is 0.636. The summed E-state index contributed by atoms with van der Waals surface area (Å²) in [5, 5.41) is 11.4. The molecule has 0 saturated carbocycles. The van der Waals surface area contributed by atoms with Crippen LogP contribution in [0.4, 0.5) is 4.79 Å². The van der Waals surface area contributed by atoms with Crippen molar-refractivity contribution in [3.05, 3.63) is 0 Å². The van der Waals surface area contributed by atoms with E-state index in [1.165, 1.54) is 0 Å². The van der Waals surface area contributed by atoms with Crippen molar-refractivity contribution >= 4 is 12.0 Å². The highest BCUT2D eigenvalue weighted by molar-refractivity contribution is 5.80. The summed E-state index contributed by atoms with van der Waals surface area (Å²) in [5.41, 5.74) is 0. The molecule has 1 unspecified atom stereocenters. The number of carboxylic acid groups (broad SMARTS) is 1. The first-order chi connectivity index (χ1) is 8.13. The van der Waals surface area contributed by atoms with Gasteiger partial charge in [-0.15, -0.1) is 6.42 Å². The predicted molar refractivity (Wildman–Crippen MR) is 60.4 cm³/mol. The number of nitrogens with one attached hydrogen (secondary N) is 1. The molecule has 1 aliphatic rings. The summed E-state index contributed by atoms with van der Waals surface area (Å²) in [6.45, 7) is 0.744. The van der Waals surface area contributed by atoms with E-state index in [2.05, 4.69) is 11.2 Å². The molecule has 0 bridgehead atoms. The molecule has 1 rings (SSSR count). The van der Waals surface area contributed by atoms with Crippen LogP contribution in [0.1, 0.15) is 12.8 Å². The van der Waals surface area contributed by atoms with Gasteiger partial charge in [0, 0.05) is 6.61 Å². The first-order valence-electron chi connectivity index (χ1n) is 5.42. The third-order valence-electron chi connectivity index (χ3n) is 2.38. The van der Waals surface area contributed by atoms with E-state index in [1.54, 1.807) is 0 Å². The SMILES string of the molecule is C#CCN(CC(=O)O)C(=O)NC1CCCOC1. The van der Waals surface area contributed by atoms with Gasteiger partial charge in [0.15, 0.2) is 0 Å². The average Bonchev–Trinajstić information content (AvgIpc) is 2.29. The van der Waals surface area contributed by atoms with E-state index in [0.29, 0.717) is 13.2 Å². The molecule has 1 atom stereocenters. The van der Waals surface area contributed by atoms with Crippen LogP contribution in [0.3, 0.4) is 0 Å². The smallest absolute Gasteiger partial charge is 0.323 e. The second-order valence-electron chi connectivity index (χ2n) is 3.82. The predicted octanol–water partition coefficient (Wildman–Crippen LogP) is -0.105. The number of nitrogens with zero attached hydrogens (tertiary/aromatic N) is 1. The second kappa shape index (κ2) is 6.76. The number of ether oxygens (including phenoxy) is 1. The fourth-order valence-electron chi connectivity index (χ4n) is 1.59. The van der Waals surface area contributed by atoms with Gasteiger partial charge >= 0.3 is 12.0 Å². The first-order valence-corrected chi connectivity index (χ1v) is 5.42. The summed E-state index contributed by atoms with van der Waals surface area (Å²) < 4.78 is 5.21. The van der Waals surface area contributed by atoms with Gasteiger partial charge in [0.2, 0.25) is 0 Å². The number of amides is 2. The van der Waals surface area contributed by atoms with Gasteiger partial charge in [-0.2, -0.15) is 0 Å². The Morgan fingerprint density at radius 3 is 2.88 bits per heavy atom. The maximum Gasteiger partial charge on any atom is 0.323 e. The maximum absolute atomic E-state index is 11.7. The van der Waals surface area contributed by atoms with Crippen molar-refractivity contribution in [2.75, 3.05) is 26.3 Å². The van der Waals surface area contributed by atoms with Crippen LogP contribution < -0.4 is 5.32 Å². The maximum atomic E-state index is 11.7. The zero-order valence-corrected chi connectivity index (χ0v) is 9.52. The number of urea groups is 1. The Labute approximate surface area is 99.9 Å². The molecule has 0 aromatic carbocycles. The molecule has 17 heavy (non-hydrogen) atoms. The van der Waals surface area contributed by atoms with Crippen LogP contribution in [0.5, 0.6) is 0 Å². The summed E-state index contributed by atoms with van der Waals surface area (Å²) in [6.07, 6.45) is 6.81. The Bertz CT molecular complexity index is 318. The number of rotatable bonds is 4. The Hall–Kier alpha value is -1.74. The van der Waals surface area contributed by atoms with Crippen molar-refractivity contribution in [2.45, 2.75) is 18.9 Å². The van der Waals surface area contributed by atoms with E-state index < -0.39 is 18.5 Å². The highest BCUT2D eigenvalue weighted by Crippen LogP contribution is 2.06. The molecule has 2 N–H and O–H groups in total. The van der Waals surface area contributed by atoms with E-state index in [0.717, 1.165) is 17.7 Å². The third-order valence-corrected chi connectivity index (χ3v) is 2.38. The number of aliphatic carboxylic acids is 1. The number of hydrogen-bond acceptors (Lipinski definition) is 3. The minimum atomic E-state index is -1.09. The zero-order valence-electron chi connectivity index (χ0n) is 9.52. The molecule has 0 spiro atoms. The lowest BCUT2D eigenvalue weighted by Gasteiger charge is -2.26. The van der Waals surface area contributed by atoms with Gasteiger partial charge in [0.05, 0.1) is 19.2 Å². The molecule has 1 fully saturated rings. The molecular weight excluding hydrogens is 224 g/mol. The van der Waals surface area contributed by atoms with E-state index in [1.807, 2.05) is 0 Å². The van der Waals surface area contributed by atoms with E-state index in [9.17, 15) is 9.59 Å². The summed E-state index contributed by atoms with van der Waals surface area (Å²) >= 11 is 0. The standard InChI is InChI=1S/C11H16N2O4/c1-2-5-13(7-10(14)15)11(16)12-9-4-3-6-17-8-9/h1,9H,3-8H2,(H,12,16)(H,14,15). The summed E-state index contributed by atoms with van der Waals surface area (Å²) in [6, 6.07) is -0.522. The summed E-state index contributed by atoms with van der Waals surface area (Å²) in [5.74, 6) is 1.17. The normalized spacial score (nSPS) is 19.1. The van der Waals surface area contributed by atoms with Gasteiger partial charge in [0.1, 0.15) is 6.54 Å². The molecule has 94 valence electrons. The van der Waals surface area contributed by atoms with Crippen molar-refractivity contribution in [3.63, 3.8) is 0 Å². The number of carbonyl (C=O) groups excluding carboxylic acids is 1. The number of terminal acetylenes is 1. The van der Waals surface area contributed by atoms with E-state index in [-0.39, 0.29) is 12.6 Å². The molecule has 1 aliphatic heterocycles. The van der Waals surface area contributed by atoms with Crippen LogP contribution >= 0.6 is 0 Å². The molecule has 0 aromatic rings. The Kier molecular flexibility index (Phi) is 5.30. The second-order valence-corrected chi connectivity index (χ2v) is 3.82. The van der Waals surface area contributed by atoms with Gasteiger partial charge in [-0.25, -0.2) is 4.79 Å². The van der Waals surface area contributed by atoms with E-state index in [4.69, 9.17) is 16.3 Å². The molecule has 6 nitrogen and oxygen atoms in total. The highest BCUT2D eigenvalue weighted by atomic mass is 16.5. The topological polar surface area (TPSA) is 78.9 Å². The van der Waals surface area contributed by atoms with Gasteiger partial charge in [-0.1, -0.05) is 5.92 Å². The molecule has 2 amide bonds. The highest BCUT2D eigenvalue weighted by Gasteiger charge is 2.21. The largest absolute Gasteiger partial charge is 0.480 e. The lowest BCUT2D eigenvalue weighted by atomic mass is 10.1. The minimum absolute atomic E-state index is 0.0221. The van der Waals surface area contributed by atoms with Gasteiger partial charge in [-0.3, -0.25) is 4.79 Å². The van der Waals surface area contributed by atoms with Crippen LogP contribution in [-0.2, 0) is 9.53 Å². The van der Waals surface area contributed by atoms with Crippen LogP contribution in [-0.4, -0.2) is 54.4 Å². The van der Waals surface area contributed by atoms with Crippen molar-refractivity contribution in [3.8, 4) is 12.3 Å². The molecule has 1 heterocycles. The Balaban J connectivity index is 2.46. The quantitative estimate of drug-likeness (QED) is 0.672. The molecule has 6 heteroatoms. The lowest BCUT2D eigenvalue weighted by Crippen LogP contribution is -2.49. The molecule has 0 radical (unpaired) electrons. The van der Waals surface area contributed by atoms with Crippen molar-refractivity contribution in [1.29, 1.82) is 0 Å². The first kappa shape index (κ1) is 13.3. The number of carboxylic acids is 1. The number of carbonyl (C=O) groups is 2. The monoisotopic (exact) mass is 240 g/mol. The fourth-order valence-corrected chi connectivity index (χ4v) is 1.59. The van der Waals surface area contributed by atoms with Crippen molar-refractivity contribution < 1.29 is 19.4 Å². The van der Waals surface area contributed by atoms with Gasteiger partial charge in [0.25, 0.3) is 0 Å². The number of hydrogen-bond donors (Lipinski definition) is 2. The van der Waals surface area contributed by atoms with Crippen LogP contribution in [0.15, 0.2) is 0 Å². The van der Waals surface area contributed by atoms with Gasteiger partial charge < -0.3 is 20.1 Å². The molecule has 0 aliphatic carbocycles. The van der Waals surface area contributed by atoms with Crippen LogP contribution in [0.2, 0.25) is 0 Å². The summed E-state index contributed by atoms with van der Waals surface area (Å²) in [4.78, 5) is 23.4. The molecule has 1 saturated heterocycles. The molecular formula is C11H16N2O4. The van der Waals surface area contributed by atoms with Crippen molar-refractivity contribution in [1.82, 2.24) is 10.2 Å². The third kappa shape index (κ3) is 4.74.